The largest absolute Gasteiger partial charge is 0.461 e. The van der Waals surface area contributed by atoms with Crippen LogP contribution in [0.2, 0.25) is 0 Å². The first-order chi connectivity index (χ1) is 10.9. The van der Waals surface area contributed by atoms with E-state index in [1.54, 1.807) is 26.0 Å². The zero-order valence-corrected chi connectivity index (χ0v) is 13.2. The van der Waals surface area contributed by atoms with Crippen molar-refractivity contribution in [3.63, 3.8) is 0 Å². The van der Waals surface area contributed by atoms with E-state index in [0.717, 1.165) is 5.56 Å². The predicted octanol–water partition coefficient (Wildman–Crippen LogP) is 1.55. The molecular weight excluding hydrogens is 298 g/mol. The van der Waals surface area contributed by atoms with E-state index < -0.39 is 12.0 Å². The molecule has 8 heteroatoms. The predicted molar refractivity (Wildman–Crippen MR) is 84.9 cm³/mol. The molecule has 0 aliphatic rings. The fourth-order valence-corrected chi connectivity index (χ4v) is 1.93. The molecule has 23 heavy (non-hydrogen) atoms. The molecule has 0 aliphatic heterocycles. The number of nitrogens with one attached hydrogen (secondary N) is 1. The summed E-state index contributed by atoms with van der Waals surface area (Å²) in [4.78, 5) is 24.0. The van der Waals surface area contributed by atoms with E-state index in [-0.39, 0.29) is 24.0 Å². The van der Waals surface area contributed by atoms with Gasteiger partial charge in [0, 0.05) is 5.69 Å². The van der Waals surface area contributed by atoms with Crippen LogP contribution in [0.15, 0.2) is 24.3 Å². The van der Waals surface area contributed by atoms with Gasteiger partial charge in [-0.2, -0.15) is 0 Å². The van der Waals surface area contributed by atoms with Crippen molar-refractivity contribution >= 4 is 23.4 Å². The lowest BCUT2D eigenvalue weighted by molar-refractivity contribution is -0.119. The van der Waals surface area contributed by atoms with Crippen LogP contribution in [0.1, 0.15) is 35.9 Å². The normalized spacial score (nSPS) is 11.8. The lowest BCUT2D eigenvalue weighted by atomic mass is 10.2. The Morgan fingerprint density at radius 1 is 1.35 bits per heavy atom. The van der Waals surface area contributed by atoms with Gasteiger partial charge in [-0.05, 0) is 32.9 Å². The summed E-state index contributed by atoms with van der Waals surface area (Å²) in [5.74, 6) is -0.988. The Morgan fingerprint density at radius 3 is 2.61 bits per heavy atom. The van der Waals surface area contributed by atoms with Gasteiger partial charge >= 0.3 is 5.97 Å². The monoisotopic (exact) mass is 317 g/mol. The summed E-state index contributed by atoms with van der Waals surface area (Å²) in [7, 11) is 0. The van der Waals surface area contributed by atoms with Crippen LogP contribution in [0.3, 0.4) is 0 Å². The van der Waals surface area contributed by atoms with Crippen molar-refractivity contribution < 1.29 is 14.3 Å². The molecule has 0 saturated heterocycles. The van der Waals surface area contributed by atoms with Crippen LogP contribution in [0.5, 0.6) is 0 Å². The van der Waals surface area contributed by atoms with Crippen molar-refractivity contribution in [3.8, 4) is 0 Å². The number of carbonyl (C=O) groups excluding carboxylic acids is 2. The van der Waals surface area contributed by atoms with Gasteiger partial charge in [0.15, 0.2) is 5.82 Å². The van der Waals surface area contributed by atoms with Crippen molar-refractivity contribution in [2.45, 2.75) is 26.8 Å². The topological polar surface area (TPSA) is 112 Å². The molecule has 1 aromatic heterocycles. The van der Waals surface area contributed by atoms with Gasteiger partial charge in [0.05, 0.1) is 6.61 Å². The number of nitrogens with zero attached hydrogens (tertiary/aromatic N) is 3. The average molecular weight is 317 g/mol. The molecule has 0 aliphatic carbocycles. The smallest absolute Gasteiger partial charge is 0.362 e. The summed E-state index contributed by atoms with van der Waals surface area (Å²) in [6.07, 6.45) is 0. The number of aryl methyl sites for hydroxylation is 1. The lowest BCUT2D eigenvalue weighted by Crippen LogP contribution is -2.25. The van der Waals surface area contributed by atoms with Crippen LogP contribution in [-0.4, -0.2) is 33.5 Å². The van der Waals surface area contributed by atoms with E-state index in [1.165, 1.54) is 4.68 Å². The molecule has 1 aromatic carbocycles. The van der Waals surface area contributed by atoms with E-state index >= 15 is 0 Å². The molecule has 1 amide bonds. The van der Waals surface area contributed by atoms with E-state index in [1.807, 2.05) is 19.1 Å². The third-order valence-corrected chi connectivity index (χ3v) is 3.26. The highest BCUT2D eigenvalue weighted by molar-refractivity contribution is 5.95. The molecule has 2 rings (SSSR count). The third-order valence-electron chi connectivity index (χ3n) is 3.26. The summed E-state index contributed by atoms with van der Waals surface area (Å²) in [6, 6.07) is 6.65. The quantitative estimate of drug-likeness (QED) is 0.809. The van der Waals surface area contributed by atoms with Crippen molar-refractivity contribution in [2.75, 3.05) is 17.7 Å². The summed E-state index contributed by atoms with van der Waals surface area (Å²) in [5.41, 5.74) is 7.50. The van der Waals surface area contributed by atoms with Gasteiger partial charge in [0.25, 0.3) is 0 Å². The Bertz CT molecular complexity index is 708. The number of nitrogens with two attached hydrogens (primary N) is 1. The highest BCUT2D eigenvalue weighted by Gasteiger charge is 2.24. The molecule has 0 spiro atoms. The molecule has 0 saturated carbocycles. The Morgan fingerprint density at radius 2 is 2.00 bits per heavy atom. The van der Waals surface area contributed by atoms with Gasteiger partial charge in [0.1, 0.15) is 6.04 Å². The van der Waals surface area contributed by atoms with Crippen LogP contribution in [0.4, 0.5) is 11.5 Å². The highest BCUT2D eigenvalue weighted by Crippen LogP contribution is 2.17. The van der Waals surface area contributed by atoms with Crippen LogP contribution in [0, 0.1) is 6.92 Å². The van der Waals surface area contributed by atoms with Crippen LogP contribution in [-0.2, 0) is 9.53 Å². The number of benzene rings is 1. The molecule has 0 radical (unpaired) electrons. The van der Waals surface area contributed by atoms with E-state index in [9.17, 15) is 9.59 Å². The van der Waals surface area contributed by atoms with Crippen LogP contribution >= 0.6 is 0 Å². The Hall–Kier alpha value is -2.90. The van der Waals surface area contributed by atoms with E-state index in [4.69, 9.17) is 10.5 Å². The fraction of sp³-hybridized carbons (Fsp3) is 0.333. The number of carbonyl (C=O) groups is 2. The average Bonchev–Trinajstić information content (AvgIpc) is 2.90. The number of rotatable bonds is 5. The number of esters is 1. The summed E-state index contributed by atoms with van der Waals surface area (Å²) in [5, 5.41) is 10.2. The zero-order chi connectivity index (χ0) is 17.0. The van der Waals surface area contributed by atoms with Gasteiger partial charge < -0.3 is 15.8 Å². The van der Waals surface area contributed by atoms with Crippen molar-refractivity contribution in [1.82, 2.24) is 15.0 Å². The molecule has 0 fully saturated rings. The second-order valence-corrected chi connectivity index (χ2v) is 5.02. The van der Waals surface area contributed by atoms with Crippen molar-refractivity contribution in [1.29, 1.82) is 0 Å². The summed E-state index contributed by atoms with van der Waals surface area (Å²) < 4.78 is 6.02. The Kier molecular flexibility index (Phi) is 4.95. The fourth-order valence-electron chi connectivity index (χ4n) is 1.93. The minimum absolute atomic E-state index is 0.00462. The van der Waals surface area contributed by atoms with Crippen LogP contribution in [0.25, 0.3) is 0 Å². The number of aromatic nitrogens is 3. The first kappa shape index (κ1) is 16.5. The second kappa shape index (κ2) is 6.91. The molecule has 122 valence electrons. The number of hydrogen-bond acceptors (Lipinski definition) is 6. The molecule has 1 heterocycles. The molecule has 3 N–H and O–H groups in total. The van der Waals surface area contributed by atoms with E-state index in [2.05, 4.69) is 15.6 Å². The van der Waals surface area contributed by atoms with Gasteiger partial charge in [0.2, 0.25) is 11.6 Å². The number of ether oxygens (including phenoxy) is 1. The highest BCUT2D eigenvalue weighted by atomic mass is 16.5. The number of amides is 1. The minimum atomic E-state index is -0.730. The number of anilines is 2. The van der Waals surface area contributed by atoms with Crippen LogP contribution < -0.4 is 11.1 Å². The van der Waals surface area contributed by atoms with E-state index in [0.29, 0.717) is 5.69 Å². The zero-order valence-electron chi connectivity index (χ0n) is 13.2. The van der Waals surface area contributed by atoms with Gasteiger partial charge in [-0.1, -0.05) is 22.9 Å². The molecule has 8 nitrogen and oxygen atoms in total. The maximum Gasteiger partial charge on any atom is 0.362 e. The Balaban J connectivity index is 2.13. The molecule has 0 bridgehead atoms. The van der Waals surface area contributed by atoms with Gasteiger partial charge in [-0.25, -0.2) is 9.48 Å². The second-order valence-electron chi connectivity index (χ2n) is 5.02. The van der Waals surface area contributed by atoms with Crippen molar-refractivity contribution in [2.24, 2.45) is 0 Å². The maximum absolute atomic E-state index is 12.3. The molecule has 1 unspecified atom stereocenters. The molecule has 1 atom stereocenters. The number of nitrogen functional groups attached to an aromatic ring is 1. The molecule has 2 aromatic rings. The standard InChI is InChI=1S/C15H19N5O3/c1-4-23-15(22)12-13(16)20(19-18-12)10(3)14(21)17-11-7-5-9(2)6-8-11/h5-8,10H,4,16H2,1-3H3,(H,17,21). The molecular formula is C15H19N5O3. The lowest BCUT2D eigenvalue weighted by Gasteiger charge is -2.13. The van der Waals surface area contributed by atoms with Gasteiger partial charge in [-0.3, -0.25) is 4.79 Å². The summed E-state index contributed by atoms with van der Waals surface area (Å²) >= 11 is 0. The first-order valence-electron chi connectivity index (χ1n) is 7.19. The summed E-state index contributed by atoms with van der Waals surface area (Å²) in [6.45, 7) is 5.45. The SMILES string of the molecule is CCOC(=O)c1nnn(C(C)C(=O)Nc2ccc(C)cc2)c1N. The maximum atomic E-state index is 12.3. The Labute approximate surface area is 133 Å². The van der Waals surface area contributed by atoms with Gasteiger partial charge in [-0.15, -0.1) is 5.10 Å². The minimum Gasteiger partial charge on any atom is -0.461 e. The first-order valence-corrected chi connectivity index (χ1v) is 7.19. The third kappa shape index (κ3) is 3.65. The van der Waals surface area contributed by atoms with Crippen molar-refractivity contribution in [3.05, 3.63) is 35.5 Å². The number of hydrogen-bond donors (Lipinski definition) is 2.